The average molecular weight is 510 g/mol. The lowest BCUT2D eigenvalue weighted by Gasteiger charge is -2.26. The average Bonchev–Trinajstić information content (AvgIpc) is 2.82. The van der Waals surface area contributed by atoms with Crippen molar-refractivity contribution in [2.75, 3.05) is 13.2 Å². The van der Waals surface area contributed by atoms with E-state index in [4.69, 9.17) is 16.6 Å². The molecule has 4 unspecified atom stereocenters. The number of aliphatic hydroxyl groups is 1. The highest BCUT2D eigenvalue weighted by Gasteiger charge is 2.30. The number of carbonyl (C=O) groups is 4. The molecule has 4 atom stereocenters. The molecule has 0 bridgehead atoms. The van der Waals surface area contributed by atoms with Crippen molar-refractivity contribution in [2.24, 2.45) is 17.4 Å². The zero-order valence-electron chi connectivity index (χ0n) is 20.8. The van der Waals surface area contributed by atoms with Crippen LogP contribution in [0.15, 0.2) is 24.3 Å². The Balaban J connectivity index is 3.07. The Kier molecular flexibility index (Phi) is 13.4. The van der Waals surface area contributed by atoms with Crippen LogP contribution in [0.1, 0.15) is 45.1 Å². The third-order valence-electron chi connectivity index (χ3n) is 5.45. The van der Waals surface area contributed by atoms with Crippen LogP contribution in [0, 0.1) is 5.92 Å². The molecule has 12 heteroatoms. The van der Waals surface area contributed by atoms with Crippen molar-refractivity contribution < 1.29 is 34.5 Å². The molecule has 0 aliphatic heterocycles. The molecule has 0 saturated carbocycles. The second kappa shape index (κ2) is 15.7. The van der Waals surface area contributed by atoms with Gasteiger partial charge in [-0.25, -0.2) is 4.79 Å². The van der Waals surface area contributed by atoms with Gasteiger partial charge in [-0.3, -0.25) is 14.4 Å². The first-order chi connectivity index (χ1) is 17.0. The van der Waals surface area contributed by atoms with Crippen LogP contribution in [0.5, 0.6) is 5.75 Å². The summed E-state index contributed by atoms with van der Waals surface area (Å²) in [6, 6.07) is 1.49. The molecule has 10 N–H and O–H groups in total. The van der Waals surface area contributed by atoms with Crippen LogP contribution in [0.3, 0.4) is 0 Å². The number of amides is 3. The van der Waals surface area contributed by atoms with Gasteiger partial charge >= 0.3 is 5.97 Å². The number of aliphatic hydroxyl groups excluding tert-OH is 1. The first-order valence-corrected chi connectivity index (χ1v) is 12.0. The van der Waals surface area contributed by atoms with Crippen molar-refractivity contribution in [3.63, 3.8) is 0 Å². The van der Waals surface area contributed by atoms with E-state index in [0.29, 0.717) is 31.4 Å². The fourth-order valence-corrected chi connectivity index (χ4v) is 3.43. The first-order valence-electron chi connectivity index (χ1n) is 12.0. The first kappa shape index (κ1) is 30.8. The third-order valence-corrected chi connectivity index (χ3v) is 5.45. The van der Waals surface area contributed by atoms with Crippen LogP contribution in [0.2, 0.25) is 0 Å². The maximum absolute atomic E-state index is 13.2. The Morgan fingerprint density at radius 1 is 0.889 bits per heavy atom. The fraction of sp³-hybridized carbons (Fsp3) is 0.583. The van der Waals surface area contributed by atoms with Gasteiger partial charge in [0.15, 0.2) is 0 Å². The summed E-state index contributed by atoms with van der Waals surface area (Å²) in [4.78, 5) is 49.9. The molecule has 0 aromatic heterocycles. The van der Waals surface area contributed by atoms with E-state index in [2.05, 4.69) is 16.0 Å². The summed E-state index contributed by atoms with van der Waals surface area (Å²) in [6.45, 7) is 3.30. The van der Waals surface area contributed by atoms with Gasteiger partial charge in [-0.2, -0.15) is 0 Å². The maximum Gasteiger partial charge on any atom is 0.328 e. The molecule has 0 saturated heterocycles. The van der Waals surface area contributed by atoms with Gasteiger partial charge < -0.3 is 42.7 Å². The minimum absolute atomic E-state index is 0.0382. The predicted molar refractivity (Wildman–Crippen MR) is 133 cm³/mol. The Morgan fingerprint density at radius 2 is 1.44 bits per heavy atom. The number of carbonyl (C=O) groups excluding carboxylic acids is 3. The van der Waals surface area contributed by atoms with Gasteiger partial charge in [0.2, 0.25) is 17.7 Å². The molecule has 0 aliphatic carbocycles. The Labute approximate surface area is 210 Å². The summed E-state index contributed by atoms with van der Waals surface area (Å²) < 4.78 is 0. The smallest absolute Gasteiger partial charge is 0.328 e. The highest BCUT2D eigenvalue weighted by atomic mass is 16.4. The van der Waals surface area contributed by atoms with E-state index in [0.717, 1.165) is 0 Å². The molecule has 0 radical (unpaired) electrons. The molecule has 0 fully saturated rings. The number of aliphatic carboxylic acids is 1. The SMILES string of the molecule is CC(C)CC(NC(=O)C(Cc1ccc(O)cc1)NC(=O)C(N)CCCCN)C(=O)NC(CO)C(=O)O. The van der Waals surface area contributed by atoms with Crippen molar-refractivity contribution in [2.45, 2.75) is 70.1 Å². The zero-order valence-corrected chi connectivity index (χ0v) is 20.8. The summed E-state index contributed by atoms with van der Waals surface area (Å²) in [5.41, 5.74) is 12.1. The number of phenols is 1. The lowest BCUT2D eigenvalue weighted by atomic mass is 10.00. The van der Waals surface area contributed by atoms with Crippen LogP contribution in [0.25, 0.3) is 0 Å². The van der Waals surface area contributed by atoms with Gasteiger partial charge in [0.05, 0.1) is 12.6 Å². The minimum atomic E-state index is -1.52. The van der Waals surface area contributed by atoms with E-state index in [-0.39, 0.29) is 24.5 Å². The van der Waals surface area contributed by atoms with Gasteiger partial charge in [0.1, 0.15) is 23.9 Å². The number of hydrogen-bond donors (Lipinski definition) is 8. The highest BCUT2D eigenvalue weighted by molar-refractivity contribution is 5.94. The molecule has 1 aromatic carbocycles. The lowest BCUT2D eigenvalue weighted by Crippen LogP contribution is -2.58. The minimum Gasteiger partial charge on any atom is -0.508 e. The number of benzene rings is 1. The third kappa shape index (κ3) is 11.0. The molecule has 1 rings (SSSR count). The maximum atomic E-state index is 13.2. The van der Waals surface area contributed by atoms with Gasteiger partial charge in [-0.05, 0) is 49.4 Å². The molecule has 0 aliphatic rings. The Bertz CT molecular complexity index is 863. The molecule has 36 heavy (non-hydrogen) atoms. The van der Waals surface area contributed by atoms with Crippen LogP contribution in [-0.4, -0.2) is 76.3 Å². The van der Waals surface area contributed by atoms with Gasteiger partial charge in [-0.1, -0.05) is 32.4 Å². The summed E-state index contributed by atoms with van der Waals surface area (Å²) >= 11 is 0. The molecular weight excluding hydrogens is 470 g/mol. The largest absolute Gasteiger partial charge is 0.508 e. The normalized spacial score (nSPS) is 14.4. The number of carboxylic acids is 1. The number of nitrogens with one attached hydrogen (secondary N) is 3. The molecule has 12 nitrogen and oxygen atoms in total. The second-order valence-corrected chi connectivity index (χ2v) is 9.10. The van der Waals surface area contributed by atoms with Crippen LogP contribution < -0.4 is 27.4 Å². The molecule has 202 valence electrons. The summed E-state index contributed by atoms with van der Waals surface area (Å²) in [5, 5.41) is 35.3. The van der Waals surface area contributed by atoms with Gasteiger partial charge in [0, 0.05) is 6.42 Å². The standard InChI is InChI=1S/C24H39N5O7/c1-14(2)11-18(22(33)29-20(13-30)24(35)36)28-23(34)19(12-15-6-8-16(31)9-7-15)27-21(32)17(26)5-3-4-10-25/h6-9,14,17-20,30-31H,3-5,10-13,25-26H2,1-2H3,(H,27,32)(H,28,34)(H,29,33)(H,35,36). The van der Waals surface area contributed by atoms with Crippen LogP contribution in [0.4, 0.5) is 0 Å². The molecule has 3 amide bonds. The Morgan fingerprint density at radius 3 is 1.97 bits per heavy atom. The van der Waals surface area contributed by atoms with E-state index >= 15 is 0 Å². The topological polar surface area (TPSA) is 217 Å². The van der Waals surface area contributed by atoms with E-state index in [1.165, 1.54) is 12.1 Å². The van der Waals surface area contributed by atoms with Crippen molar-refractivity contribution >= 4 is 23.7 Å². The summed E-state index contributed by atoms with van der Waals surface area (Å²) in [5.74, 6) is -3.40. The summed E-state index contributed by atoms with van der Waals surface area (Å²) in [7, 11) is 0. The van der Waals surface area contributed by atoms with Crippen molar-refractivity contribution in [3.05, 3.63) is 29.8 Å². The predicted octanol–water partition coefficient (Wildman–Crippen LogP) is -1.03. The number of rotatable bonds is 16. The highest BCUT2D eigenvalue weighted by Crippen LogP contribution is 2.13. The molecule has 0 spiro atoms. The van der Waals surface area contributed by atoms with E-state index in [1.54, 1.807) is 12.1 Å². The number of hydrogen-bond acceptors (Lipinski definition) is 8. The van der Waals surface area contributed by atoms with Gasteiger partial charge in [0.25, 0.3) is 0 Å². The monoisotopic (exact) mass is 509 g/mol. The number of unbranched alkanes of at least 4 members (excludes halogenated alkanes) is 1. The number of carboxylic acid groups (broad SMARTS) is 1. The van der Waals surface area contributed by atoms with Crippen LogP contribution >= 0.6 is 0 Å². The van der Waals surface area contributed by atoms with Crippen molar-refractivity contribution in [3.8, 4) is 5.75 Å². The lowest BCUT2D eigenvalue weighted by molar-refractivity contribution is -0.143. The van der Waals surface area contributed by atoms with E-state index in [9.17, 15) is 29.4 Å². The molecular formula is C24H39N5O7. The van der Waals surface area contributed by atoms with E-state index < -0.39 is 54.5 Å². The number of phenolic OH excluding ortho intramolecular Hbond substituents is 1. The summed E-state index contributed by atoms with van der Waals surface area (Å²) in [6.07, 6.45) is 1.97. The Hall–Kier alpha value is -3.22. The van der Waals surface area contributed by atoms with Crippen molar-refractivity contribution in [1.82, 2.24) is 16.0 Å². The quantitative estimate of drug-likeness (QED) is 0.128. The van der Waals surface area contributed by atoms with Crippen molar-refractivity contribution in [1.29, 1.82) is 0 Å². The number of aromatic hydroxyl groups is 1. The number of nitrogens with two attached hydrogens (primary N) is 2. The second-order valence-electron chi connectivity index (χ2n) is 9.10. The zero-order chi connectivity index (χ0) is 27.3. The fourth-order valence-electron chi connectivity index (χ4n) is 3.43. The van der Waals surface area contributed by atoms with Gasteiger partial charge in [-0.15, -0.1) is 0 Å². The molecule has 1 aromatic rings. The van der Waals surface area contributed by atoms with Crippen LogP contribution in [-0.2, 0) is 25.6 Å². The molecule has 0 heterocycles. The van der Waals surface area contributed by atoms with E-state index in [1.807, 2.05) is 13.8 Å².